The molecule has 9 heteroatoms. The zero-order valence-electron chi connectivity index (χ0n) is 19.3. The number of hydrogen-bond acceptors (Lipinski definition) is 8. The van der Waals surface area contributed by atoms with Crippen molar-refractivity contribution in [1.29, 1.82) is 0 Å². The van der Waals surface area contributed by atoms with Crippen molar-refractivity contribution in [3.05, 3.63) is 0 Å². The van der Waals surface area contributed by atoms with Crippen molar-refractivity contribution in [2.75, 3.05) is 19.8 Å². The third-order valence-corrected chi connectivity index (χ3v) is 5.36. The van der Waals surface area contributed by atoms with Crippen LogP contribution in [0.5, 0.6) is 0 Å². The second-order valence-electron chi connectivity index (χ2n) is 8.23. The minimum absolute atomic E-state index is 0.229. The van der Waals surface area contributed by atoms with E-state index in [1.807, 2.05) is 0 Å². The summed E-state index contributed by atoms with van der Waals surface area (Å²) >= 11 is 0. The Kier molecular flexibility index (Phi) is 20.9. The number of Topliss-reactive ketones (excluding diaryl/α,β-unsaturated/α-hetero) is 1. The van der Waals surface area contributed by atoms with Gasteiger partial charge in [-0.3, -0.25) is 4.79 Å². The first-order chi connectivity index (χ1) is 15.0. The van der Waals surface area contributed by atoms with Gasteiger partial charge in [0.2, 0.25) is 0 Å². The zero-order valence-corrected chi connectivity index (χ0v) is 19.3. The number of carbonyl (C=O) groups is 1. The summed E-state index contributed by atoms with van der Waals surface area (Å²) < 4.78 is 9.91. The van der Waals surface area contributed by atoms with E-state index in [1.165, 1.54) is 57.8 Å². The molecule has 0 radical (unpaired) electrons. The molecule has 0 aliphatic heterocycles. The maximum Gasteiger partial charge on any atom is 0.634 e. The van der Waals surface area contributed by atoms with E-state index in [0.717, 1.165) is 19.3 Å². The van der Waals surface area contributed by atoms with E-state index < -0.39 is 38.8 Å². The molecule has 0 aliphatic rings. The largest absolute Gasteiger partial charge is 0.634 e. The van der Waals surface area contributed by atoms with Crippen molar-refractivity contribution in [3.63, 3.8) is 0 Å². The highest BCUT2D eigenvalue weighted by Crippen LogP contribution is 2.14. The molecule has 0 amide bonds. The molecule has 31 heavy (non-hydrogen) atoms. The van der Waals surface area contributed by atoms with Crippen LogP contribution in [0.3, 0.4) is 0 Å². The van der Waals surface area contributed by atoms with E-state index in [4.69, 9.17) is 25.0 Å². The van der Waals surface area contributed by atoms with Crippen LogP contribution in [0, 0.1) is 0 Å². The third kappa shape index (κ3) is 17.7. The number of aliphatic hydroxyl groups is 3. The number of ketones is 1. The molecule has 0 spiro atoms. The molecule has 0 aromatic rings. The highest BCUT2D eigenvalue weighted by molar-refractivity contribution is 6.32. The SMILES string of the molecule is CCCCCCCCCCCCCCCC(=O)C(OCC(CO)OB(O)O)C(O)CO. The minimum atomic E-state index is -2.08. The van der Waals surface area contributed by atoms with Gasteiger partial charge < -0.3 is 34.8 Å². The van der Waals surface area contributed by atoms with Gasteiger partial charge in [-0.05, 0) is 6.42 Å². The molecule has 0 rings (SSSR count). The van der Waals surface area contributed by atoms with Crippen LogP contribution in [-0.4, -0.2) is 76.6 Å². The summed E-state index contributed by atoms with van der Waals surface area (Å²) in [5, 5.41) is 45.7. The maximum atomic E-state index is 12.4. The average molecular weight is 448 g/mol. The molecular weight excluding hydrogens is 403 g/mol. The Morgan fingerprint density at radius 1 is 0.806 bits per heavy atom. The summed E-state index contributed by atoms with van der Waals surface area (Å²) in [7, 11) is -2.08. The van der Waals surface area contributed by atoms with E-state index in [9.17, 15) is 9.90 Å². The summed E-state index contributed by atoms with van der Waals surface area (Å²) in [5.41, 5.74) is 0. The molecule has 0 bridgehead atoms. The molecule has 5 N–H and O–H groups in total. The number of carbonyl (C=O) groups excluding carboxylic acids is 1. The minimum Gasteiger partial charge on any atom is -0.402 e. The molecule has 0 saturated heterocycles. The van der Waals surface area contributed by atoms with Gasteiger partial charge in [-0.2, -0.15) is 0 Å². The van der Waals surface area contributed by atoms with Gasteiger partial charge >= 0.3 is 7.32 Å². The normalized spacial score (nSPS) is 14.4. The topological polar surface area (TPSA) is 137 Å². The van der Waals surface area contributed by atoms with Gasteiger partial charge in [0.1, 0.15) is 12.2 Å². The number of aliphatic hydroxyl groups excluding tert-OH is 3. The monoisotopic (exact) mass is 448 g/mol. The Morgan fingerprint density at radius 3 is 1.71 bits per heavy atom. The van der Waals surface area contributed by atoms with Crippen molar-refractivity contribution in [2.24, 2.45) is 0 Å². The quantitative estimate of drug-likeness (QED) is 0.118. The van der Waals surface area contributed by atoms with Gasteiger partial charge in [0, 0.05) is 6.42 Å². The second kappa shape index (κ2) is 21.3. The van der Waals surface area contributed by atoms with E-state index in [2.05, 4.69) is 11.6 Å². The van der Waals surface area contributed by atoms with Crippen LogP contribution in [0.4, 0.5) is 0 Å². The van der Waals surface area contributed by atoms with E-state index in [-0.39, 0.29) is 18.8 Å². The van der Waals surface area contributed by atoms with E-state index in [1.54, 1.807) is 0 Å². The van der Waals surface area contributed by atoms with Crippen LogP contribution >= 0.6 is 0 Å². The molecule has 8 nitrogen and oxygen atoms in total. The maximum absolute atomic E-state index is 12.4. The van der Waals surface area contributed by atoms with Crippen molar-refractivity contribution in [2.45, 2.75) is 115 Å². The molecule has 0 aliphatic carbocycles. The fourth-order valence-corrected chi connectivity index (χ4v) is 3.49. The lowest BCUT2D eigenvalue weighted by Crippen LogP contribution is -2.42. The lowest BCUT2D eigenvalue weighted by molar-refractivity contribution is -0.145. The number of rotatable bonds is 23. The summed E-state index contributed by atoms with van der Waals surface area (Å²) in [6, 6.07) is 0. The fraction of sp³-hybridized carbons (Fsp3) is 0.955. The average Bonchev–Trinajstić information content (AvgIpc) is 2.75. The molecule has 0 heterocycles. The first-order valence-electron chi connectivity index (χ1n) is 12.0. The van der Waals surface area contributed by atoms with Crippen LogP contribution in [0.2, 0.25) is 0 Å². The van der Waals surface area contributed by atoms with Crippen LogP contribution < -0.4 is 0 Å². The van der Waals surface area contributed by atoms with Gasteiger partial charge in [0.05, 0.1) is 25.9 Å². The lowest BCUT2D eigenvalue weighted by atomic mass is 10.0. The summed E-state index contributed by atoms with van der Waals surface area (Å²) in [4.78, 5) is 12.4. The highest BCUT2D eigenvalue weighted by Gasteiger charge is 2.28. The Hall–Kier alpha value is -0.545. The second-order valence-corrected chi connectivity index (χ2v) is 8.23. The van der Waals surface area contributed by atoms with Gasteiger partial charge in [-0.1, -0.05) is 84.0 Å². The molecular formula is C22H45BO8. The van der Waals surface area contributed by atoms with Gasteiger partial charge in [0.15, 0.2) is 5.78 Å². The number of hydrogen-bond donors (Lipinski definition) is 5. The van der Waals surface area contributed by atoms with Crippen LogP contribution in [-0.2, 0) is 14.2 Å². The van der Waals surface area contributed by atoms with Gasteiger partial charge in [-0.25, -0.2) is 0 Å². The van der Waals surface area contributed by atoms with E-state index in [0.29, 0.717) is 6.42 Å². The fourth-order valence-electron chi connectivity index (χ4n) is 3.49. The standard InChI is InChI=1S/C22H45BO8/c1-2-3-4-5-6-7-8-9-10-11-12-13-14-15-20(26)22(21(27)17-25)30-18-19(16-24)31-23(28)29/h19,21-22,24-25,27-29H,2-18H2,1H3. The Labute approximate surface area is 188 Å². The van der Waals surface area contributed by atoms with Crippen molar-refractivity contribution in [3.8, 4) is 0 Å². The van der Waals surface area contributed by atoms with Gasteiger partial charge in [-0.15, -0.1) is 0 Å². The van der Waals surface area contributed by atoms with Crippen molar-refractivity contribution < 1.29 is 39.6 Å². The predicted molar refractivity (Wildman–Crippen MR) is 120 cm³/mol. The molecule has 3 atom stereocenters. The molecule has 0 saturated carbocycles. The summed E-state index contributed by atoms with van der Waals surface area (Å²) in [6.07, 6.45) is 12.2. The first kappa shape index (κ1) is 30.5. The van der Waals surface area contributed by atoms with Crippen LogP contribution in [0.15, 0.2) is 0 Å². The smallest absolute Gasteiger partial charge is 0.402 e. The highest BCUT2D eigenvalue weighted by atomic mass is 16.6. The molecule has 3 unspecified atom stereocenters. The van der Waals surface area contributed by atoms with Gasteiger partial charge in [0.25, 0.3) is 0 Å². The van der Waals surface area contributed by atoms with Crippen molar-refractivity contribution >= 4 is 13.1 Å². The molecule has 184 valence electrons. The molecule has 0 fully saturated rings. The zero-order chi connectivity index (χ0) is 23.3. The molecule has 0 aromatic carbocycles. The Bertz CT molecular complexity index is 411. The number of unbranched alkanes of at least 4 members (excludes halogenated alkanes) is 12. The Morgan fingerprint density at radius 2 is 1.29 bits per heavy atom. The van der Waals surface area contributed by atoms with Crippen LogP contribution in [0.25, 0.3) is 0 Å². The van der Waals surface area contributed by atoms with E-state index >= 15 is 0 Å². The summed E-state index contributed by atoms with van der Waals surface area (Å²) in [6.45, 7) is 0.728. The third-order valence-electron chi connectivity index (χ3n) is 5.36. The predicted octanol–water partition coefficient (Wildman–Crippen LogP) is 2.12. The Balaban J connectivity index is 3.91. The first-order valence-corrected chi connectivity index (χ1v) is 12.0. The van der Waals surface area contributed by atoms with Crippen LogP contribution in [0.1, 0.15) is 96.8 Å². The summed E-state index contributed by atoms with van der Waals surface area (Å²) in [5.74, 6) is -0.328. The number of ether oxygens (including phenoxy) is 1. The van der Waals surface area contributed by atoms with Crippen molar-refractivity contribution in [1.82, 2.24) is 0 Å². The molecule has 0 aromatic heterocycles. The lowest BCUT2D eigenvalue weighted by Gasteiger charge is -2.23.